The molecule has 0 radical (unpaired) electrons. The first kappa shape index (κ1) is 17.7. The first-order valence-corrected chi connectivity index (χ1v) is 9.02. The maximum absolute atomic E-state index is 11.5. The predicted molar refractivity (Wildman–Crippen MR) is 99.5 cm³/mol. The number of hydrogen-bond acceptors (Lipinski definition) is 6. The molecule has 0 aromatic heterocycles. The van der Waals surface area contributed by atoms with E-state index < -0.39 is 0 Å². The van der Waals surface area contributed by atoms with Crippen molar-refractivity contribution >= 4 is 5.97 Å². The van der Waals surface area contributed by atoms with Gasteiger partial charge in [-0.1, -0.05) is 6.07 Å². The van der Waals surface area contributed by atoms with Gasteiger partial charge in [0.2, 0.25) is 0 Å². The molecule has 1 unspecified atom stereocenters. The Hall–Kier alpha value is -2.73. The zero-order valence-corrected chi connectivity index (χ0v) is 15.7. The Morgan fingerprint density at radius 1 is 1.15 bits per heavy atom. The van der Waals surface area contributed by atoms with Crippen molar-refractivity contribution in [1.82, 2.24) is 4.90 Å². The van der Waals surface area contributed by atoms with Crippen LogP contribution in [0.25, 0.3) is 0 Å². The van der Waals surface area contributed by atoms with Crippen LogP contribution in [0.15, 0.2) is 24.3 Å². The molecular formula is C21H23NO5. The third-order valence-corrected chi connectivity index (χ3v) is 5.46. The van der Waals surface area contributed by atoms with Crippen molar-refractivity contribution < 1.29 is 24.1 Å². The summed E-state index contributed by atoms with van der Waals surface area (Å²) < 4.78 is 16.2. The number of benzene rings is 2. The number of hydrogen-bond donors (Lipinski definition) is 1. The molecule has 0 saturated heterocycles. The molecular weight excluding hydrogens is 346 g/mol. The van der Waals surface area contributed by atoms with Gasteiger partial charge in [0, 0.05) is 31.6 Å². The summed E-state index contributed by atoms with van der Waals surface area (Å²) in [6, 6.07) is 7.77. The van der Waals surface area contributed by atoms with Gasteiger partial charge in [-0.3, -0.25) is 9.69 Å². The van der Waals surface area contributed by atoms with Crippen LogP contribution in [0.3, 0.4) is 0 Å². The average Bonchev–Trinajstić information content (AvgIpc) is 2.65. The van der Waals surface area contributed by atoms with Crippen molar-refractivity contribution in [2.45, 2.75) is 32.4 Å². The second kappa shape index (κ2) is 6.78. The van der Waals surface area contributed by atoms with E-state index in [1.54, 1.807) is 20.3 Å². The van der Waals surface area contributed by atoms with E-state index in [-0.39, 0.29) is 17.8 Å². The van der Waals surface area contributed by atoms with Crippen LogP contribution >= 0.6 is 0 Å². The van der Waals surface area contributed by atoms with Crippen LogP contribution in [0, 0.1) is 0 Å². The second-order valence-corrected chi connectivity index (χ2v) is 6.99. The number of phenolic OH excluding ortho intramolecular Hbond substituents is 1. The van der Waals surface area contributed by atoms with Crippen molar-refractivity contribution in [2.24, 2.45) is 0 Å². The van der Waals surface area contributed by atoms with Crippen LogP contribution in [0.5, 0.6) is 23.0 Å². The quantitative estimate of drug-likeness (QED) is 0.663. The van der Waals surface area contributed by atoms with E-state index >= 15 is 0 Å². The van der Waals surface area contributed by atoms with E-state index in [0.717, 1.165) is 30.5 Å². The van der Waals surface area contributed by atoms with Crippen LogP contribution in [0.2, 0.25) is 0 Å². The van der Waals surface area contributed by atoms with Gasteiger partial charge in [0.05, 0.1) is 14.2 Å². The van der Waals surface area contributed by atoms with E-state index in [2.05, 4.69) is 4.90 Å². The highest BCUT2D eigenvalue weighted by Crippen LogP contribution is 2.45. The molecule has 0 bridgehead atoms. The minimum Gasteiger partial charge on any atom is -0.504 e. The van der Waals surface area contributed by atoms with Gasteiger partial charge in [0.15, 0.2) is 23.0 Å². The first-order valence-electron chi connectivity index (χ1n) is 9.02. The molecule has 0 spiro atoms. The molecule has 2 aliphatic rings. The normalized spacial score (nSPS) is 18.1. The summed E-state index contributed by atoms with van der Waals surface area (Å²) in [5.41, 5.74) is 4.60. The second-order valence-electron chi connectivity index (χ2n) is 6.99. The van der Waals surface area contributed by atoms with Crippen molar-refractivity contribution in [3.8, 4) is 23.0 Å². The van der Waals surface area contributed by atoms with Crippen LogP contribution in [-0.2, 0) is 24.2 Å². The van der Waals surface area contributed by atoms with Crippen molar-refractivity contribution in [2.75, 3.05) is 20.8 Å². The first-order chi connectivity index (χ1) is 13.0. The maximum Gasteiger partial charge on any atom is 0.308 e. The Labute approximate surface area is 158 Å². The number of carbonyl (C=O) groups is 1. The van der Waals surface area contributed by atoms with Gasteiger partial charge < -0.3 is 19.3 Å². The van der Waals surface area contributed by atoms with Gasteiger partial charge in [-0.05, 0) is 47.7 Å². The van der Waals surface area contributed by atoms with Gasteiger partial charge >= 0.3 is 5.97 Å². The van der Waals surface area contributed by atoms with Gasteiger partial charge in [0.25, 0.3) is 0 Å². The van der Waals surface area contributed by atoms with E-state index in [1.165, 1.54) is 18.1 Å². The number of nitrogens with zero attached hydrogens (tertiary/aromatic N) is 1. The number of carbonyl (C=O) groups excluding carboxylic acids is 1. The lowest BCUT2D eigenvalue weighted by molar-refractivity contribution is -0.132. The number of fused-ring (bicyclic) bond motifs is 4. The zero-order valence-electron chi connectivity index (χ0n) is 15.7. The van der Waals surface area contributed by atoms with Gasteiger partial charge in [-0.25, -0.2) is 0 Å². The van der Waals surface area contributed by atoms with E-state index in [1.807, 2.05) is 18.2 Å². The molecule has 2 aliphatic heterocycles. The summed E-state index contributed by atoms with van der Waals surface area (Å²) in [7, 11) is 3.17. The number of aromatic hydroxyl groups is 1. The standard InChI is InChI=1S/C21H23NO5/c1-12(23)27-20-10-15-14(9-19(20)25-2)6-7-22-11-16-13(8-17(15)22)4-5-18(24)21(16)26-3/h4-5,9-10,17,24H,6-8,11H2,1-3H3. The number of methoxy groups -OCH3 is 2. The molecule has 0 aliphatic carbocycles. The fourth-order valence-electron chi connectivity index (χ4n) is 4.24. The smallest absolute Gasteiger partial charge is 0.308 e. The molecule has 2 aromatic carbocycles. The average molecular weight is 369 g/mol. The highest BCUT2D eigenvalue weighted by Gasteiger charge is 2.35. The van der Waals surface area contributed by atoms with Crippen LogP contribution in [0.4, 0.5) is 0 Å². The zero-order chi connectivity index (χ0) is 19.1. The predicted octanol–water partition coefficient (Wildman–Crippen LogP) is 2.99. The molecule has 1 N–H and O–H groups in total. The minimum atomic E-state index is -0.366. The SMILES string of the molecule is COc1cc2c(cc1OC(C)=O)C1Cc3ccc(O)c(OC)c3CN1CC2. The third kappa shape index (κ3) is 3.00. The molecule has 27 heavy (non-hydrogen) atoms. The highest BCUT2D eigenvalue weighted by atomic mass is 16.6. The van der Waals surface area contributed by atoms with Crippen molar-refractivity contribution in [3.05, 3.63) is 46.5 Å². The van der Waals surface area contributed by atoms with Crippen molar-refractivity contribution in [3.63, 3.8) is 0 Å². The fourth-order valence-corrected chi connectivity index (χ4v) is 4.24. The molecule has 1 atom stereocenters. The Balaban J connectivity index is 1.76. The summed E-state index contributed by atoms with van der Waals surface area (Å²) in [5, 5.41) is 10.1. The lowest BCUT2D eigenvalue weighted by Gasteiger charge is -2.42. The summed E-state index contributed by atoms with van der Waals surface area (Å²) in [6.45, 7) is 3.01. The summed E-state index contributed by atoms with van der Waals surface area (Å²) >= 11 is 0. The molecule has 6 nitrogen and oxygen atoms in total. The molecule has 6 heteroatoms. The number of esters is 1. The van der Waals surface area contributed by atoms with Gasteiger partial charge in [0.1, 0.15) is 0 Å². The van der Waals surface area contributed by atoms with Crippen LogP contribution < -0.4 is 14.2 Å². The van der Waals surface area contributed by atoms with Gasteiger partial charge in [-0.2, -0.15) is 0 Å². The largest absolute Gasteiger partial charge is 0.504 e. The number of phenols is 1. The highest BCUT2D eigenvalue weighted by molar-refractivity contribution is 5.71. The molecule has 142 valence electrons. The van der Waals surface area contributed by atoms with E-state index in [9.17, 15) is 9.90 Å². The Morgan fingerprint density at radius 3 is 2.67 bits per heavy atom. The molecule has 0 saturated carbocycles. The third-order valence-electron chi connectivity index (χ3n) is 5.46. The lowest BCUT2D eigenvalue weighted by Crippen LogP contribution is -2.39. The molecule has 4 rings (SSSR count). The maximum atomic E-state index is 11.5. The fraction of sp³-hybridized carbons (Fsp3) is 0.381. The summed E-state index contributed by atoms with van der Waals surface area (Å²) in [5.74, 6) is 1.41. The lowest BCUT2D eigenvalue weighted by atomic mass is 9.83. The Bertz CT molecular complexity index is 908. The van der Waals surface area contributed by atoms with Gasteiger partial charge in [-0.15, -0.1) is 0 Å². The summed E-state index contributed by atoms with van der Waals surface area (Å²) in [4.78, 5) is 13.9. The Kier molecular flexibility index (Phi) is 4.44. The monoisotopic (exact) mass is 369 g/mol. The molecule has 0 amide bonds. The number of ether oxygens (including phenoxy) is 3. The molecule has 2 aromatic rings. The Morgan fingerprint density at radius 2 is 1.96 bits per heavy atom. The van der Waals surface area contributed by atoms with Crippen LogP contribution in [0.1, 0.15) is 35.2 Å². The molecule has 0 fully saturated rings. The summed E-state index contributed by atoms with van der Waals surface area (Å²) in [6.07, 6.45) is 1.70. The number of rotatable bonds is 3. The molecule has 2 heterocycles. The topological polar surface area (TPSA) is 68.2 Å². The van der Waals surface area contributed by atoms with Crippen LogP contribution in [-0.4, -0.2) is 36.7 Å². The van der Waals surface area contributed by atoms with E-state index in [0.29, 0.717) is 23.8 Å². The minimum absolute atomic E-state index is 0.175. The van der Waals surface area contributed by atoms with Crippen molar-refractivity contribution in [1.29, 1.82) is 0 Å². The van der Waals surface area contributed by atoms with E-state index in [4.69, 9.17) is 14.2 Å².